The Balaban J connectivity index is 2.21. The van der Waals surface area contributed by atoms with Crippen LogP contribution >= 0.6 is 22.9 Å². The molecule has 0 unspecified atom stereocenters. The highest BCUT2D eigenvalue weighted by molar-refractivity contribution is 7.89. The van der Waals surface area contributed by atoms with Crippen molar-refractivity contribution in [2.45, 2.75) is 50.8 Å². The van der Waals surface area contributed by atoms with E-state index in [9.17, 15) is 8.42 Å². The van der Waals surface area contributed by atoms with Crippen LogP contribution in [0.4, 0.5) is 0 Å². The lowest BCUT2D eigenvalue weighted by Gasteiger charge is -2.38. The van der Waals surface area contributed by atoms with E-state index in [1.54, 1.807) is 10.4 Å². The number of thiophene rings is 1. The van der Waals surface area contributed by atoms with Gasteiger partial charge in [-0.2, -0.15) is 4.31 Å². The van der Waals surface area contributed by atoms with E-state index in [0.717, 1.165) is 29.0 Å². The summed E-state index contributed by atoms with van der Waals surface area (Å²) < 4.78 is 27.1. The van der Waals surface area contributed by atoms with Gasteiger partial charge < -0.3 is 0 Å². The molecule has 0 N–H and O–H groups in total. The molecule has 0 aromatic carbocycles. The number of alkyl halides is 1. The van der Waals surface area contributed by atoms with Crippen molar-refractivity contribution in [3.05, 3.63) is 15.8 Å². The van der Waals surface area contributed by atoms with Crippen molar-refractivity contribution in [1.29, 1.82) is 0 Å². The second-order valence-corrected chi connectivity index (χ2v) is 9.35. The molecule has 1 saturated heterocycles. The summed E-state index contributed by atoms with van der Waals surface area (Å²) in [5.41, 5.74) is 0.289. The van der Waals surface area contributed by atoms with E-state index in [2.05, 4.69) is 13.8 Å². The molecule has 6 heteroatoms. The Labute approximate surface area is 131 Å². The van der Waals surface area contributed by atoms with Crippen molar-refractivity contribution < 1.29 is 8.42 Å². The molecular weight excluding hydrogens is 314 g/mol. The van der Waals surface area contributed by atoms with Crippen molar-refractivity contribution in [3.8, 4) is 0 Å². The summed E-state index contributed by atoms with van der Waals surface area (Å²) in [6.07, 6.45) is 2.98. The number of hydrogen-bond acceptors (Lipinski definition) is 3. The van der Waals surface area contributed by atoms with Crippen LogP contribution in [0.5, 0.6) is 0 Å². The average molecular weight is 336 g/mol. The molecule has 1 aromatic heterocycles. The molecule has 2 heterocycles. The number of halogens is 1. The van der Waals surface area contributed by atoms with Gasteiger partial charge in [0.2, 0.25) is 10.0 Å². The molecule has 1 aliphatic heterocycles. The Morgan fingerprint density at radius 2 is 2.00 bits per heavy atom. The SMILES string of the molecule is CCC1(C)CCN(S(=O)(=O)c2cc(CCl)sc2C)CC1. The van der Waals surface area contributed by atoms with Crippen LogP contribution in [0.15, 0.2) is 11.0 Å². The fourth-order valence-corrected chi connectivity index (χ4v) is 5.74. The highest BCUT2D eigenvalue weighted by Crippen LogP contribution is 2.37. The summed E-state index contributed by atoms with van der Waals surface area (Å²) in [6.45, 7) is 7.53. The number of hydrogen-bond donors (Lipinski definition) is 0. The average Bonchev–Trinajstić information content (AvgIpc) is 2.81. The standard InChI is InChI=1S/C14H22ClNO2S2/c1-4-14(3)5-7-16(8-6-14)20(17,18)13-9-12(10-15)19-11(13)2/h9H,4-8,10H2,1-3H3. The maximum atomic E-state index is 12.7. The van der Waals surface area contributed by atoms with Crippen LogP contribution in [0.2, 0.25) is 0 Å². The van der Waals surface area contributed by atoms with E-state index < -0.39 is 10.0 Å². The summed E-state index contributed by atoms with van der Waals surface area (Å²) >= 11 is 7.28. The van der Waals surface area contributed by atoms with Crippen molar-refractivity contribution in [2.24, 2.45) is 5.41 Å². The van der Waals surface area contributed by atoms with Crippen molar-refractivity contribution in [3.63, 3.8) is 0 Å². The van der Waals surface area contributed by atoms with Gasteiger partial charge in [-0.25, -0.2) is 8.42 Å². The van der Waals surface area contributed by atoms with Crippen molar-refractivity contribution in [1.82, 2.24) is 4.31 Å². The fourth-order valence-electron chi connectivity index (χ4n) is 2.61. The monoisotopic (exact) mass is 335 g/mol. The molecule has 2 rings (SSSR count). The molecule has 0 atom stereocenters. The normalized spacial score (nSPS) is 20.2. The van der Waals surface area contributed by atoms with Crippen LogP contribution in [0.3, 0.4) is 0 Å². The van der Waals surface area contributed by atoms with E-state index in [1.807, 2.05) is 6.92 Å². The maximum Gasteiger partial charge on any atom is 0.244 e. The molecule has 114 valence electrons. The Kier molecular flexibility index (Phi) is 4.84. The van der Waals surface area contributed by atoms with Crippen molar-refractivity contribution >= 4 is 33.0 Å². The maximum absolute atomic E-state index is 12.7. The van der Waals surface area contributed by atoms with Crippen LogP contribution < -0.4 is 0 Å². The minimum absolute atomic E-state index is 0.289. The molecule has 0 amide bonds. The van der Waals surface area contributed by atoms with E-state index in [-0.39, 0.29) is 5.41 Å². The first-order valence-electron chi connectivity index (χ1n) is 6.98. The minimum Gasteiger partial charge on any atom is -0.207 e. The van der Waals surface area contributed by atoms with Crippen LogP contribution in [0, 0.1) is 12.3 Å². The zero-order valence-corrected chi connectivity index (χ0v) is 14.7. The van der Waals surface area contributed by atoms with Gasteiger partial charge in [-0.05, 0) is 31.2 Å². The number of nitrogens with zero attached hydrogens (tertiary/aromatic N) is 1. The molecule has 1 aliphatic rings. The summed E-state index contributed by atoms with van der Waals surface area (Å²) in [4.78, 5) is 2.20. The minimum atomic E-state index is -3.36. The first-order chi connectivity index (χ1) is 9.32. The van der Waals surface area contributed by atoms with Crippen LogP contribution in [0.25, 0.3) is 0 Å². The lowest BCUT2D eigenvalue weighted by Crippen LogP contribution is -2.41. The summed E-state index contributed by atoms with van der Waals surface area (Å²) in [5.74, 6) is 0.370. The zero-order valence-electron chi connectivity index (χ0n) is 12.3. The summed E-state index contributed by atoms with van der Waals surface area (Å²) in [5, 5.41) is 0. The molecule has 0 bridgehead atoms. The lowest BCUT2D eigenvalue weighted by atomic mass is 9.79. The van der Waals surface area contributed by atoms with Gasteiger partial charge in [0, 0.05) is 22.8 Å². The second-order valence-electron chi connectivity index (χ2n) is 5.84. The Hall–Kier alpha value is -0.100. The Morgan fingerprint density at radius 1 is 1.40 bits per heavy atom. The molecule has 1 fully saturated rings. The predicted octanol–water partition coefficient (Wildman–Crippen LogP) is 4.00. The third kappa shape index (κ3) is 3.06. The van der Waals surface area contributed by atoms with Gasteiger partial charge >= 0.3 is 0 Å². The van der Waals surface area contributed by atoms with Gasteiger partial charge in [0.15, 0.2) is 0 Å². The molecule has 0 spiro atoms. The largest absolute Gasteiger partial charge is 0.244 e. The number of piperidine rings is 1. The highest BCUT2D eigenvalue weighted by Gasteiger charge is 2.35. The first kappa shape index (κ1) is 16.3. The van der Waals surface area contributed by atoms with Crippen LogP contribution in [-0.4, -0.2) is 25.8 Å². The molecule has 3 nitrogen and oxygen atoms in total. The van der Waals surface area contributed by atoms with E-state index in [1.165, 1.54) is 11.3 Å². The van der Waals surface area contributed by atoms with E-state index in [4.69, 9.17) is 11.6 Å². The van der Waals surface area contributed by atoms with Gasteiger partial charge in [-0.15, -0.1) is 22.9 Å². The number of aryl methyl sites for hydroxylation is 1. The number of sulfonamides is 1. The molecule has 0 aliphatic carbocycles. The summed E-state index contributed by atoms with van der Waals surface area (Å²) in [7, 11) is -3.36. The number of rotatable bonds is 4. The molecule has 20 heavy (non-hydrogen) atoms. The second kappa shape index (κ2) is 5.95. The smallest absolute Gasteiger partial charge is 0.207 e. The van der Waals surface area contributed by atoms with Gasteiger partial charge in [-0.1, -0.05) is 20.3 Å². The quantitative estimate of drug-likeness (QED) is 0.780. The molecule has 1 aromatic rings. The van der Waals surface area contributed by atoms with Gasteiger partial charge in [0.05, 0.1) is 10.8 Å². The molecular formula is C14H22ClNO2S2. The highest BCUT2D eigenvalue weighted by atomic mass is 35.5. The van der Waals surface area contributed by atoms with Gasteiger partial charge in [0.25, 0.3) is 0 Å². The van der Waals surface area contributed by atoms with Crippen LogP contribution in [0.1, 0.15) is 42.9 Å². The topological polar surface area (TPSA) is 37.4 Å². The van der Waals surface area contributed by atoms with Gasteiger partial charge in [0.1, 0.15) is 0 Å². The van der Waals surface area contributed by atoms with E-state index in [0.29, 0.717) is 23.9 Å². The Bertz CT molecular complexity index is 572. The fraction of sp³-hybridized carbons (Fsp3) is 0.714. The molecule has 0 radical (unpaired) electrons. The zero-order chi connectivity index (χ0) is 15.0. The third-order valence-corrected chi connectivity index (χ3v) is 8.11. The Morgan fingerprint density at radius 3 is 2.45 bits per heavy atom. The molecule has 0 saturated carbocycles. The third-order valence-electron chi connectivity index (χ3n) is 4.46. The summed E-state index contributed by atoms with van der Waals surface area (Å²) in [6, 6.07) is 1.73. The lowest BCUT2D eigenvalue weighted by molar-refractivity contribution is 0.169. The first-order valence-corrected chi connectivity index (χ1v) is 9.77. The van der Waals surface area contributed by atoms with Crippen molar-refractivity contribution in [2.75, 3.05) is 13.1 Å². The predicted molar refractivity (Wildman–Crippen MR) is 85.0 cm³/mol. The van der Waals surface area contributed by atoms with Crippen LogP contribution in [-0.2, 0) is 15.9 Å². The van der Waals surface area contributed by atoms with E-state index >= 15 is 0 Å². The van der Waals surface area contributed by atoms with Gasteiger partial charge in [-0.3, -0.25) is 0 Å².